The first-order chi connectivity index (χ1) is 4.83. The smallest absolute Gasteiger partial charge is 0.0747 e. The summed E-state index contributed by atoms with van der Waals surface area (Å²) in [6, 6.07) is 0. The Kier molecular flexibility index (Phi) is 3.08. The van der Waals surface area contributed by atoms with Crippen LogP contribution in [0.5, 0.6) is 0 Å². The maximum Gasteiger partial charge on any atom is 0.0747 e. The van der Waals surface area contributed by atoms with Gasteiger partial charge in [-0.1, -0.05) is 0 Å². The molecular formula is C6H13NO3. The molecule has 3 N–H and O–H groups in total. The zero-order chi connectivity index (χ0) is 7.40. The molecular weight excluding hydrogens is 134 g/mol. The molecule has 1 fully saturated rings. The van der Waals surface area contributed by atoms with Gasteiger partial charge in [0.25, 0.3) is 0 Å². The maximum atomic E-state index is 9.12. The fourth-order valence-electron chi connectivity index (χ4n) is 1.10. The fourth-order valence-corrected chi connectivity index (χ4v) is 1.10. The van der Waals surface area contributed by atoms with E-state index in [1.165, 1.54) is 0 Å². The summed E-state index contributed by atoms with van der Waals surface area (Å²) in [6.07, 6.45) is 1.04. The van der Waals surface area contributed by atoms with Gasteiger partial charge in [0.1, 0.15) is 0 Å². The summed E-state index contributed by atoms with van der Waals surface area (Å²) < 4.78 is 5.21. The molecule has 0 aromatic carbocycles. The van der Waals surface area contributed by atoms with Crippen LogP contribution in [0, 0.1) is 0 Å². The van der Waals surface area contributed by atoms with Crippen molar-refractivity contribution < 1.29 is 15.1 Å². The van der Waals surface area contributed by atoms with Crippen LogP contribution in [0.1, 0.15) is 12.8 Å². The summed E-state index contributed by atoms with van der Waals surface area (Å²) in [5, 5.41) is 17.4. The normalized spacial score (nSPS) is 34.2. The van der Waals surface area contributed by atoms with Crippen LogP contribution in [-0.4, -0.2) is 35.7 Å². The third-order valence-electron chi connectivity index (χ3n) is 1.66. The number of rotatable bonds is 2. The molecule has 0 amide bonds. The van der Waals surface area contributed by atoms with E-state index >= 15 is 0 Å². The standard InChI is InChI=1S/C6H13NO3/c8-5-1-2-10-6(3-5)4-7-9/h5-9H,1-4H2/t5-,6+/m1/s1. The zero-order valence-electron chi connectivity index (χ0n) is 5.79. The minimum Gasteiger partial charge on any atom is -0.393 e. The lowest BCUT2D eigenvalue weighted by atomic mass is 10.1. The van der Waals surface area contributed by atoms with Crippen molar-refractivity contribution in [1.29, 1.82) is 0 Å². The van der Waals surface area contributed by atoms with E-state index in [0.717, 1.165) is 0 Å². The second-order valence-electron chi connectivity index (χ2n) is 2.53. The fraction of sp³-hybridized carbons (Fsp3) is 1.00. The van der Waals surface area contributed by atoms with Crippen molar-refractivity contribution in [2.75, 3.05) is 13.2 Å². The molecule has 0 aliphatic carbocycles. The Morgan fingerprint density at radius 1 is 1.60 bits per heavy atom. The van der Waals surface area contributed by atoms with Crippen LogP contribution in [0.15, 0.2) is 0 Å². The molecule has 0 aromatic heterocycles. The van der Waals surface area contributed by atoms with Crippen molar-refractivity contribution in [1.82, 2.24) is 5.48 Å². The van der Waals surface area contributed by atoms with E-state index in [-0.39, 0.29) is 12.2 Å². The molecule has 60 valence electrons. The highest BCUT2D eigenvalue weighted by Crippen LogP contribution is 2.12. The average molecular weight is 147 g/mol. The highest BCUT2D eigenvalue weighted by molar-refractivity contribution is 4.70. The molecule has 4 heteroatoms. The first-order valence-electron chi connectivity index (χ1n) is 3.49. The first kappa shape index (κ1) is 7.94. The minimum absolute atomic E-state index is 0.0336. The Bertz CT molecular complexity index is 97.0. The Morgan fingerprint density at radius 2 is 2.40 bits per heavy atom. The summed E-state index contributed by atoms with van der Waals surface area (Å²) in [4.78, 5) is 0. The number of hydrogen-bond acceptors (Lipinski definition) is 4. The van der Waals surface area contributed by atoms with Gasteiger partial charge in [-0.25, -0.2) is 5.48 Å². The third kappa shape index (κ3) is 2.22. The van der Waals surface area contributed by atoms with Crippen LogP contribution in [0.25, 0.3) is 0 Å². The molecule has 0 spiro atoms. The number of nitrogens with one attached hydrogen (secondary N) is 1. The van der Waals surface area contributed by atoms with Crippen LogP contribution >= 0.6 is 0 Å². The van der Waals surface area contributed by atoms with Gasteiger partial charge in [0.15, 0.2) is 0 Å². The summed E-state index contributed by atoms with van der Waals surface area (Å²) >= 11 is 0. The summed E-state index contributed by atoms with van der Waals surface area (Å²) in [5.74, 6) is 0. The molecule has 0 bridgehead atoms. The molecule has 1 rings (SSSR count). The number of ether oxygens (including phenoxy) is 1. The van der Waals surface area contributed by atoms with E-state index in [2.05, 4.69) is 0 Å². The number of aliphatic hydroxyl groups excluding tert-OH is 1. The molecule has 1 aliphatic rings. The maximum absolute atomic E-state index is 9.12. The molecule has 0 radical (unpaired) electrons. The molecule has 0 unspecified atom stereocenters. The average Bonchev–Trinajstić information content (AvgIpc) is 1.88. The zero-order valence-corrected chi connectivity index (χ0v) is 5.79. The number of aliphatic hydroxyl groups is 1. The Hall–Kier alpha value is -0.160. The molecule has 2 atom stereocenters. The predicted octanol–water partition coefficient (Wildman–Crippen LogP) is -0.495. The van der Waals surface area contributed by atoms with Gasteiger partial charge < -0.3 is 15.1 Å². The van der Waals surface area contributed by atoms with Crippen molar-refractivity contribution in [2.24, 2.45) is 0 Å². The van der Waals surface area contributed by atoms with Gasteiger partial charge in [0.05, 0.1) is 12.2 Å². The topological polar surface area (TPSA) is 61.7 Å². The van der Waals surface area contributed by atoms with Crippen molar-refractivity contribution in [3.8, 4) is 0 Å². The van der Waals surface area contributed by atoms with Gasteiger partial charge in [-0.15, -0.1) is 0 Å². The van der Waals surface area contributed by atoms with Gasteiger partial charge in [-0.3, -0.25) is 0 Å². The molecule has 4 nitrogen and oxygen atoms in total. The lowest BCUT2D eigenvalue weighted by Crippen LogP contribution is -2.35. The Balaban J connectivity index is 2.18. The van der Waals surface area contributed by atoms with E-state index < -0.39 is 0 Å². The van der Waals surface area contributed by atoms with Crippen LogP contribution in [0.4, 0.5) is 0 Å². The molecule has 1 heterocycles. The number of hydrogen-bond donors (Lipinski definition) is 3. The molecule has 1 saturated heterocycles. The minimum atomic E-state index is -0.257. The Morgan fingerprint density at radius 3 is 3.00 bits per heavy atom. The highest BCUT2D eigenvalue weighted by Gasteiger charge is 2.19. The lowest BCUT2D eigenvalue weighted by Gasteiger charge is -2.25. The van der Waals surface area contributed by atoms with E-state index in [9.17, 15) is 0 Å². The van der Waals surface area contributed by atoms with Gasteiger partial charge in [-0.2, -0.15) is 0 Å². The van der Waals surface area contributed by atoms with E-state index in [4.69, 9.17) is 15.1 Å². The predicted molar refractivity (Wildman–Crippen MR) is 34.8 cm³/mol. The summed E-state index contributed by atoms with van der Waals surface area (Å²) in [7, 11) is 0. The molecule has 0 saturated carbocycles. The second-order valence-corrected chi connectivity index (χ2v) is 2.53. The monoisotopic (exact) mass is 147 g/mol. The van der Waals surface area contributed by atoms with Crippen LogP contribution in [-0.2, 0) is 4.74 Å². The van der Waals surface area contributed by atoms with Crippen molar-refractivity contribution >= 4 is 0 Å². The van der Waals surface area contributed by atoms with Crippen LogP contribution in [0.3, 0.4) is 0 Å². The van der Waals surface area contributed by atoms with Gasteiger partial charge in [-0.05, 0) is 6.42 Å². The van der Waals surface area contributed by atoms with Crippen molar-refractivity contribution in [3.05, 3.63) is 0 Å². The third-order valence-corrected chi connectivity index (χ3v) is 1.66. The van der Waals surface area contributed by atoms with E-state index in [1.54, 1.807) is 0 Å². The molecule has 0 aromatic rings. The summed E-state index contributed by atoms with van der Waals surface area (Å²) in [6.45, 7) is 0.991. The quantitative estimate of drug-likeness (QED) is 0.461. The van der Waals surface area contributed by atoms with Gasteiger partial charge in [0.2, 0.25) is 0 Å². The number of hydroxylamine groups is 1. The molecule has 10 heavy (non-hydrogen) atoms. The lowest BCUT2D eigenvalue weighted by molar-refractivity contribution is -0.0539. The van der Waals surface area contributed by atoms with Crippen LogP contribution < -0.4 is 5.48 Å². The Labute approximate surface area is 59.8 Å². The highest BCUT2D eigenvalue weighted by atomic mass is 16.5. The SMILES string of the molecule is ONC[C@@H]1C[C@H](O)CCO1. The first-order valence-corrected chi connectivity index (χ1v) is 3.49. The molecule has 1 aliphatic heterocycles. The largest absolute Gasteiger partial charge is 0.393 e. The van der Waals surface area contributed by atoms with E-state index in [0.29, 0.717) is 26.0 Å². The van der Waals surface area contributed by atoms with Crippen LogP contribution in [0.2, 0.25) is 0 Å². The van der Waals surface area contributed by atoms with Gasteiger partial charge in [0, 0.05) is 19.6 Å². The van der Waals surface area contributed by atoms with Crippen molar-refractivity contribution in [2.45, 2.75) is 25.0 Å². The van der Waals surface area contributed by atoms with Gasteiger partial charge >= 0.3 is 0 Å². The van der Waals surface area contributed by atoms with Crippen molar-refractivity contribution in [3.63, 3.8) is 0 Å². The van der Waals surface area contributed by atoms with E-state index in [1.807, 2.05) is 5.48 Å². The second kappa shape index (κ2) is 3.88. The summed E-state index contributed by atoms with van der Waals surface area (Å²) in [5.41, 5.74) is 2.02.